The summed E-state index contributed by atoms with van der Waals surface area (Å²) in [5, 5.41) is 3.29. The molecule has 1 aliphatic heterocycles. The first-order chi connectivity index (χ1) is 7.79. The maximum atomic E-state index is 13.0. The number of nitrogens with one attached hydrogen (secondary N) is 1. The summed E-state index contributed by atoms with van der Waals surface area (Å²) >= 11 is 0. The van der Waals surface area contributed by atoms with Gasteiger partial charge in [-0.15, -0.1) is 0 Å². The Morgan fingerprint density at radius 1 is 1.50 bits per heavy atom. The van der Waals surface area contributed by atoms with Gasteiger partial charge in [0.15, 0.2) is 0 Å². The first-order valence-corrected chi connectivity index (χ1v) is 5.95. The van der Waals surface area contributed by atoms with Gasteiger partial charge in [-0.05, 0) is 44.1 Å². The van der Waals surface area contributed by atoms with Gasteiger partial charge in [0.2, 0.25) is 0 Å². The fourth-order valence-corrected chi connectivity index (χ4v) is 2.08. The van der Waals surface area contributed by atoms with Gasteiger partial charge in [-0.1, -0.05) is 6.92 Å². The molecule has 0 spiro atoms. The summed E-state index contributed by atoms with van der Waals surface area (Å²) < 4.78 is 18.7. The summed E-state index contributed by atoms with van der Waals surface area (Å²) in [4.78, 5) is 0. The van der Waals surface area contributed by atoms with E-state index in [1.807, 2.05) is 0 Å². The number of halogens is 1. The first-order valence-electron chi connectivity index (χ1n) is 5.95. The summed E-state index contributed by atoms with van der Waals surface area (Å²) in [5.74, 6) is 0.686. The second kappa shape index (κ2) is 5.30. The van der Waals surface area contributed by atoms with E-state index in [0.29, 0.717) is 0 Å². The van der Waals surface area contributed by atoms with Gasteiger partial charge in [0.25, 0.3) is 0 Å². The Hall–Kier alpha value is -1.09. The van der Waals surface area contributed by atoms with Crippen LogP contribution in [0.3, 0.4) is 0 Å². The third-order valence-corrected chi connectivity index (χ3v) is 2.89. The molecule has 0 saturated carbocycles. The average molecular weight is 223 g/mol. The van der Waals surface area contributed by atoms with E-state index in [0.717, 1.165) is 43.7 Å². The summed E-state index contributed by atoms with van der Waals surface area (Å²) in [6, 6.07) is 4.77. The Morgan fingerprint density at radius 2 is 2.38 bits per heavy atom. The zero-order valence-electron chi connectivity index (χ0n) is 9.63. The van der Waals surface area contributed by atoms with Crippen molar-refractivity contribution in [3.8, 4) is 5.75 Å². The van der Waals surface area contributed by atoms with Crippen molar-refractivity contribution in [1.29, 1.82) is 0 Å². The molecule has 3 heteroatoms. The summed E-state index contributed by atoms with van der Waals surface area (Å²) in [6.07, 6.45) is 3.22. The monoisotopic (exact) mass is 223 g/mol. The minimum absolute atomic E-state index is 0.171. The number of hydrogen-bond acceptors (Lipinski definition) is 2. The smallest absolute Gasteiger partial charge is 0.123 e. The molecule has 0 aliphatic carbocycles. The quantitative estimate of drug-likeness (QED) is 0.774. The molecule has 1 heterocycles. The molecular weight excluding hydrogens is 205 g/mol. The van der Waals surface area contributed by atoms with Crippen molar-refractivity contribution < 1.29 is 9.13 Å². The number of hydrogen-bond donors (Lipinski definition) is 1. The van der Waals surface area contributed by atoms with Crippen molar-refractivity contribution in [3.63, 3.8) is 0 Å². The van der Waals surface area contributed by atoms with Gasteiger partial charge in [0.05, 0.1) is 0 Å². The highest BCUT2D eigenvalue weighted by atomic mass is 19.1. The summed E-state index contributed by atoms with van der Waals surface area (Å²) in [5.41, 5.74) is 1.01. The predicted octanol–water partition coefficient (Wildman–Crippen LogP) is 2.52. The molecule has 2 rings (SSSR count). The van der Waals surface area contributed by atoms with E-state index in [1.165, 1.54) is 6.07 Å². The van der Waals surface area contributed by atoms with E-state index in [-0.39, 0.29) is 11.9 Å². The van der Waals surface area contributed by atoms with E-state index in [4.69, 9.17) is 4.74 Å². The minimum atomic E-state index is -0.171. The SMILES string of the molecule is CCNCCCC1Cc2cc(F)ccc2O1. The zero-order valence-corrected chi connectivity index (χ0v) is 9.63. The van der Waals surface area contributed by atoms with Crippen LogP contribution in [0.25, 0.3) is 0 Å². The van der Waals surface area contributed by atoms with Crippen LogP contribution in [-0.2, 0) is 6.42 Å². The van der Waals surface area contributed by atoms with E-state index < -0.39 is 0 Å². The Kier molecular flexibility index (Phi) is 3.78. The van der Waals surface area contributed by atoms with Crippen LogP contribution >= 0.6 is 0 Å². The number of ether oxygens (including phenoxy) is 1. The highest BCUT2D eigenvalue weighted by molar-refractivity contribution is 5.37. The Morgan fingerprint density at radius 3 is 3.19 bits per heavy atom. The molecule has 0 bridgehead atoms. The zero-order chi connectivity index (χ0) is 11.4. The molecule has 1 aliphatic rings. The molecule has 0 amide bonds. The van der Waals surface area contributed by atoms with Gasteiger partial charge in [0, 0.05) is 12.0 Å². The Labute approximate surface area is 95.8 Å². The number of fused-ring (bicyclic) bond motifs is 1. The van der Waals surface area contributed by atoms with Crippen LogP contribution < -0.4 is 10.1 Å². The molecule has 1 N–H and O–H groups in total. The van der Waals surface area contributed by atoms with Crippen molar-refractivity contribution in [2.75, 3.05) is 13.1 Å². The van der Waals surface area contributed by atoms with Crippen LogP contribution in [-0.4, -0.2) is 19.2 Å². The van der Waals surface area contributed by atoms with Gasteiger partial charge in [-0.3, -0.25) is 0 Å². The van der Waals surface area contributed by atoms with Crippen molar-refractivity contribution >= 4 is 0 Å². The third-order valence-electron chi connectivity index (χ3n) is 2.89. The van der Waals surface area contributed by atoms with Gasteiger partial charge in [-0.25, -0.2) is 4.39 Å². The predicted molar refractivity (Wildman–Crippen MR) is 62.3 cm³/mol. The fraction of sp³-hybridized carbons (Fsp3) is 0.538. The van der Waals surface area contributed by atoms with Crippen molar-refractivity contribution in [3.05, 3.63) is 29.6 Å². The lowest BCUT2D eigenvalue weighted by molar-refractivity contribution is 0.217. The number of rotatable bonds is 5. The first kappa shape index (κ1) is 11.4. The van der Waals surface area contributed by atoms with Gasteiger partial charge >= 0.3 is 0 Å². The molecule has 1 aromatic carbocycles. The molecule has 1 unspecified atom stereocenters. The molecular formula is C13H18FNO. The highest BCUT2D eigenvalue weighted by Gasteiger charge is 2.22. The van der Waals surface area contributed by atoms with Crippen LogP contribution in [0.2, 0.25) is 0 Å². The van der Waals surface area contributed by atoms with Gasteiger partial charge in [-0.2, -0.15) is 0 Å². The van der Waals surface area contributed by atoms with E-state index in [9.17, 15) is 4.39 Å². The number of benzene rings is 1. The Bertz CT molecular complexity index is 354. The second-order valence-electron chi connectivity index (χ2n) is 4.19. The molecule has 16 heavy (non-hydrogen) atoms. The summed E-state index contributed by atoms with van der Waals surface area (Å²) in [6.45, 7) is 4.14. The van der Waals surface area contributed by atoms with Crippen LogP contribution in [0, 0.1) is 5.82 Å². The van der Waals surface area contributed by atoms with Crippen molar-refractivity contribution in [2.45, 2.75) is 32.3 Å². The molecule has 2 nitrogen and oxygen atoms in total. The van der Waals surface area contributed by atoms with E-state index in [2.05, 4.69) is 12.2 Å². The molecule has 1 aromatic rings. The molecule has 0 radical (unpaired) electrons. The van der Waals surface area contributed by atoms with Crippen LogP contribution in [0.4, 0.5) is 4.39 Å². The van der Waals surface area contributed by atoms with Gasteiger partial charge in [0.1, 0.15) is 17.7 Å². The maximum absolute atomic E-state index is 13.0. The normalized spacial score (nSPS) is 18.2. The highest BCUT2D eigenvalue weighted by Crippen LogP contribution is 2.30. The Balaban J connectivity index is 1.81. The minimum Gasteiger partial charge on any atom is -0.490 e. The van der Waals surface area contributed by atoms with Crippen molar-refractivity contribution in [1.82, 2.24) is 5.32 Å². The molecule has 0 fully saturated rings. The average Bonchev–Trinajstić information content (AvgIpc) is 2.66. The largest absolute Gasteiger partial charge is 0.490 e. The topological polar surface area (TPSA) is 21.3 Å². The lowest BCUT2D eigenvalue weighted by Gasteiger charge is -2.10. The van der Waals surface area contributed by atoms with E-state index >= 15 is 0 Å². The lowest BCUT2D eigenvalue weighted by Crippen LogP contribution is -2.18. The van der Waals surface area contributed by atoms with E-state index in [1.54, 1.807) is 12.1 Å². The second-order valence-corrected chi connectivity index (χ2v) is 4.19. The molecule has 0 saturated heterocycles. The molecule has 0 aromatic heterocycles. The lowest BCUT2D eigenvalue weighted by atomic mass is 10.1. The molecule has 88 valence electrons. The van der Waals surface area contributed by atoms with Crippen LogP contribution in [0.1, 0.15) is 25.3 Å². The maximum Gasteiger partial charge on any atom is 0.123 e. The van der Waals surface area contributed by atoms with Crippen LogP contribution in [0.15, 0.2) is 18.2 Å². The van der Waals surface area contributed by atoms with Crippen LogP contribution in [0.5, 0.6) is 5.75 Å². The third kappa shape index (κ3) is 2.73. The molecule has 1 atom stereocenters. The summed E-state index contributed by atoms with van der Waals surface area (Å²) in [7, 11) is 0. The fourth-order valence-electron chi connectivity index (χ4n) is 2.08. The standard InChI is InChI=1S/C13H18FNO/c1-2-15-7-3-4-12-9-10-8-11(14)5-6-13(10)16-12/h5-6,8,12,15H,2-4,7,9H2,1H3. The van der Waals surface area contributed by atoms with Crippen molar-refractivity contribution in [2.24, 2.45) is 0 Å². The van der Waals surface area contributed by atoms with Gasteiger partial charge < -0.3 is 10.1 Å².